The second kappa shape index (κ2) is 5.60. The van der Waals surface area contributed by atoms with Gasteiger partial charge in [-0.3, -0.25) is 5.10 Å². The molecule has 0 bridgehead atoms. The van der Waals surface area contributed by atoms with Crippen LogP contribution in [0.2, 0.25) is 0 Å². The lowest BCUT2D eigenvalue weighted by molar-refractivity contribution is 0.428. The van der Waals surface area contributed by atoms with Crippen molar-refractivity contribution in [1.29, 1.82) is 0 Å². The van der Waals surface area contributed by atoms with Crippen LogP contribution in [0.5, 0.6) is 0 Å². The summed E-state index contributed by atoms with van der Waals surface area (Å²) in [7, 11) is 0. The Morgan fingerprint density at radius 3 is 2.67 bits per heavy atom. The second-order valence-electron chi connectivity index (χ2n) is 6.32. The summed E-state index contributed by atoms with van der Waals surface area (Å²) >= 11 is 0. The predicted molar refractivity (Wildman–Crippen MR) is 81.9 cm³/mol. The van der Waals surface area contributed by atoms with Crippen molar-refractivity contribution in [1.82, 2.24) is 20.5 Å². The lowest BCUT2D eigenvalue weighted by Crippen LogP contribution is -2.29. The Labute approximate surface area is 125 Å². The molecule has 1 saturated carbocycles. The summed E-state index contributed by atoms with van der Waals surface area (Å²) in [5.41, 5.74) is 2.83. The minimum absolute atomic E-state index is 0.268. The summed E-state index contributed by atoms with van der Waals surface area (Å²) in [4.78, 5) is 4.80. The Kier molecular flexibility index (Phi) is 3.47. The number of hydrogen-bond donors (Lipinski definition) is 2. The van der Waals surface area contributed by atoms with Crippen molar-refractivity contribution in [2.75, 3.05) is 0 Å². The van der Waals surface area contributed by atoms with Crippen molar-refractivity contribution >= 4 is 0 Å². The number of fused-ring (bicyclic) bond motifs is 1. The first-order valence-electron chi connectivity index (χ1n) is 8.12. The van der Waals surface area contributed by atoms with E-state index in [1.54, 1.807) is 0 Å². The molecule has 2 aliphatic rings. The summed E-state index contributed by atoms with van der Waals surface area (Å²) in [6, 6.07) is 8.92. The van der Waals surface area contributed by atoms with Gasteiger partial charge in [0.15, 0.2) is 5.82 Å². The highest BCUT2D eigenvalue weighted by molar-refractivity contribution is 5.30. The maximum Gasteiger partial charge on any atom is 0.153 e. The van der Waals surface area contributed by atoms with E-state index in [0.29, 0.717) is 5.92 Å². The van der Waals surface area contributed by atoms with E-state index in [4.69, 9.17) is 4.98 Å². The highest BCUT2D eigenvalue weighted by Gasteiger charge is 2.24. The SMILES string of the molecule is c1ccc2c(c1)CN[C@H](c1nc(C3CCCCC3)n[nH]1)C2. The Balaban J connectivity index is 1.51. The molecule has 1 atom stereocenters. The van der Waals surface area contributed by atoms with E-state index in [1.807, 2.05) is 0 Å². The fraction of sp³-hybridized carbons (Fsp3) is 0.529. The normalized spacial score (nSPS) is 23.0. The zero-order valence-electron chi connectivity index (χ0n) is 12.3. The standard InChI is InChI=1S/C17H22N4/c1-2-6-12(7-3-1)16-19-17(21-20-16)15-10-13-8-4-5-9-14(13)11-18-15/h4-5,8-9,12,15,18H,1-3,6-7,10-11H2,(H,19,20,21)/t15-/m0/s1. The number of rotatable bonds is 2. The van der Waals surface area contributed by atoms with Gasteiger partial charge in [0.25, 0.3) is 0 Å². The van der Waals surface area contributed by atoms with Crippen LogP contribution >= 0.6 is 0 Å². The molecule has 0 amide bonds. The third-order valence-corrected chi connectivity index (χ3v) is 4.90. The van der Waals surface area contributed by atoms with Crippen molar-refractivity contribution in [3.8, 4) is 0 Å². The Morgan fingerprint density at radius 2 is 1.81 bits per heavy atom. The van der Waals surface area contributed by atoms with Crippen molar-refractivity contribution in [2.45, 2.75) is 57.0 Å². The molecule has 1 aromatic heterocycles. The Morgan fingerprint density at radius 1 is 1.00 bits per heavy atom. The van der Waals surface area contributed by atoms with Crippen LogP contribution in [0.25, 0.3) is 0 Å². The average molecular weight is 282 g/mol. The van der Waals surface area contributed by atoms with Crippen LogP contribution in [0, 0.1) is 0 Å². The zero-order chi connectivity index (χ0) is 14.1. The average Bonchev–Trinajstić information content (AvgIpc) is 3.05. The van der Waals surface area contributed by atoms with E-state index >= 15 is 0 Å². The molecule has 0 saturated heterocycles. The predicted octanol–water partition coefficient (Wildman–Crippen LogP) is 3.24. The minimum atomic E-state index is 0.268. The fourth-order valence-electron chi connectivity index (χ4n) is 3.63. The topological polar surface area (TPSA) is 53.6 Å². The van der Waals surface area contributed by atoms with Crippen LogP contribution in [-0.4, -0.2) is 15.2 Å². The van der Waals surface area contributed by atoms with Crippen LogP contribution < -0.4 is 5.32 Å². The molecular weight excluding hydrogens is 260 g/mol. The second-order valence-corrected chi connectivity index (χ2v) is 6.32. The summed E-state index contributed by atoms with van der Waals surface area (Å²) in [5, 5.41) is 11.2. The van der Waals surface area contributed by atoms with Crippen LogP contribution in [-0.2, 0) is 13.0 Å². The van der Waals surface area contributed by atoms with Gasteiger partial charge in [0.1, 0.15) is 5.82 Å². The lowest BCUT2D eigenvalue weighted by atomic mass is 9.89. The molecule has 0 unspecified atom stereocenters. The van der Waals surface area contributed by atoms with Crippen LogP contribution in [0.4, 0.5) is 0 Å². The molecule has 2 N–H and O–H groups in total. The van der Waals surface area contributed by atoms with Gasteiger partial charge in [-0.2, -0.15) is 5.10 Å². The summed E-state index contributed by atoms with van der Waals surface area (Å²) in [5.74, 6) is 2.61. The first-order valence-corrected chi connectivity index (χ1v) is 8.12. The van der Waals surface area contributed by atoms with E-state index in [0.717, 1.165) is 24.6 Å². The molecule has 4 heteroatoms. The molecule has 2 heterocycles. The van der Waals surface area contributed by atoms with E-state index in [1.165, 1.54) is 43.2 Å². The van der Waals surface area contributed by atoms with Gasteiger partial charge >= 0.3 is 0 Å². The van der Waals surface area contributed by atoms with Crippen molar-refractivity contribution in [2.24, 2.45) is 0 Å². The third kappa shape index (κ3) is 2.60. The molecule has 1 fully saturated rings. The first-order chi connectivity index (χ1) is 10.4. The molecule has 21 heavy (non-hydrogen) atoms. The van der Waals surface area contributed by atoms with Gasteiger partial charge in [-0.25, -0.2) is 4.98 Å². The van der Waals surface area contributed by atoms with Gasteiger partial charge in [-0.05, 0) is 30.4 Å². The van der Waals surface area contributed by atoms with Crippen LogP contribution in [0.3, 0.4) is 0 Å². The number of H-pyrrole nitrogens is 1. The number of hydrogen-bond acceptors (Lipinski definition) is 3. The van der Waals surface area contributed by atoms with E-state index in [-0.39, 0.29) is 6.04 Å². The molecule has 1 aliphatic heterocycles. The molecule has 1 aromatic carbocycles. The first kappa shape index (κ1) is 13.0. The van der Waals surface area contributed by atoms with Crippen LogP contribution in [0.1, 0.15) is 66.8 Å². The molecule has 0 radical (unpaired) electrons. The smallest absolute Gasteiger partial charge is 0.153 e. The van der Waals surface area contributed by atoms with Crippen molar-refractivity contribution < 1.29 is 0 Å². The van der Waals surface area contributed by atoms with E-state index < -0.39 is 0 Å². The summed E-state index contributed by atoms with van der Waals surface area (Å²) in [6.45, 7) is 0.917. The van der Waals surface area contributed by atoms with Gasteiger partial charge in [0.05, 0.1) is 6.04 Å². The van der Waals surface area contributed by atoms with E-state index in [9.17, 15) is 0 Å². The maximum absolute atomic E-state index is 4.80. The Bertz CT molecular complexity index is 613. The van der Waals surface area contributed by atoms with Crippen molar-refractivity contribution in [3.63, 3.8) is 0 Å². The molecule has 4 nitrogen and oxygen atoms in total. The maximum atomic E-state index is 4.80. The van der Waals surface area contributed by atoms with Gasteiger partial charge in [-0.1, -0.05) is 43.5 Å². The molecular formula is C17H22N4. The molecule has 110 valence electrons. The zero-order valence-corrected chi connectivity index (χ0v) is 12.3. The molecule has 4 rings (SSSR count). The quantitative estimate of drug-likeness (QED) is 0.889. The lowest BCUT2D eigenvalue weighted by Gasteiger charge is -2.24. The number of nitrogens with zero attached hydrogens (tertiary/aromatic N) is 2. The van der Waals surface area contributed by atoms with Crippen molar-refractivity contribution in [3.05, 3.63) is 47.0 Å². The number of nitrogens with one attached hydrogen (secondary N) is 2. The third-order valence-electron chi connectivity index (χ3n) is 4.90. The summed E-state index contributed by atoms with van der Waals surface area (Å²) < 4.78 is 0. The molecule has 1 aliphatic carbocycles. The van der Waals surface area contributed by atoms with Crippen LogP contribution in [0.15, 0.2) is 24.3 Å². The van der Waals surface area contributed by atoms with Gasteiger partial charge in [0, 0.05) is 12.5 Å². The summed E-state index contributed by atoms with van der Waals surface area (Å²) in [6.07, 6.45) is 7.51. The monoisotopic (exact) mass is 282 g/mol. The molecule has 0 spiro atoms. The number of benzene rings is 1. The number of aromatic nitrogens is 3. The van der Waals surface area contributed by atoms with Gasteiger partial charge in [0.2, 0.25) is 0 Å². The van der Waals surface area contributed by atoms with Gasteiger partial charge in [-0.15, -0.1) is 0 Å². The highest BCUT2D eigenvalue weighted by Crippen LogP contribution is 2.31. The molecule has 2 aromatic rings. The highest BCUT2D eigenvalue weighted by atomic mass is 15.2. The van der Waals surface area contributed by atoms with E-state index in [2.05, 4.69) is 39.8 Å². The minimum Gasteiger partial charge on any atom is -0.303 e. The largest absolute Gasteiger partial charge is 0.303 e. The Hall–Kier alpha value is -1.68. The van der Waals surface area contributed by atoms with Gasteiger partial charge < -0.3 is 5.32 Å². The number of aromatic amines is 1. The fourth-order valence-corrected chi connectivity index (χ4v) is 3.63.